The minimum atomic E-state index is 0.259. The van der Waals surface area contributed by atoms with Crippen LogP contribution in [0.4, 0.5) is 0 Å². The molecule has 2 nitrogen and oxygen atoms in total. The number of rotatable bonds is 4. The quantitative estimate of drug-likeness (QED) is 0.827. The minimum Gasteiger partial charge on any atom is -0.339 e. The maximum atomic E-state index is 12.4. The number of nitrogens with zero attached hydrogens (tertiary/aromatic N) is 1. The zero-order chi connectivity index (χ0) is 16.1. The van der Waals surface area contributed by atoms with Gasteiger partial charge in [-0.05, 0) is 36.5 Å². The van der Waals surface area contributed by atoms with Gasteiger partial charge in [0.15, 0.2) is 0 Å². The average Bonchev–Trinajstić information content (AvgIpc) is 2.61. The highest BCUT2D eigenvalue weighted by Crippen LogP contribution is 2.22. The van der Waals surface area contributed by atoms with Crippen LogP contribution in [0.3, 0.4) is 0 Å². The minimum absolute atomic E-state index is 0.259. The van der Waals surface area contributed by atoms with Gasteiger partial charge >= 0.3 is 0 Å². The van der Waals surface area contributed by atoms with Crippen molar-refractivity contribution in [2.75, 3.05) is 13.1 Å². The van der Waals surface area contributed by atoms with Gasteiger partial charge in [-0.15, -0.1) is 0 Å². The van der Waals surface area contributed by atoms with Crippen molar-refractivity contribution in [3.05, 3.63) is 77.4 Å². The van der Waals surface area contributed by atoms with Crippen LogP contribution in [0.15, 0.2) is 60.7 Å². The van der Waals surface area contributed by atoms with Gasteiger partial charge in [-0.2, -0.15) is 0 Å². The summed E-state index contributed by atoms with van der Waals surface area (Å²) in [7, 11) is 0. The molecule has 1 aliphatic heterocycles. The molecule has 0 radical (unpaired) electrons. The highest BCUT2D eigenvalue weighted by atomic mass is 16.2. The molecule has 3 rings (SSSR count). The third-order valence-corrected chi connectivity index (χ3v) is 4.42. The molecule has 0 fully saturated rings. The van der Waals surface area contributed by atoms with Crippen LogP contribution in [0.25, 0.3) is 5.57 Å². The number of aryl methyl sites for hydroxylation is 2. The van der Waals surface area contributed by atoms with Crippen molar-refractivity contribution in [1.29, 1.82) is 0 Å². The van der Waals surface area contributed by atoms with Crippen LogP contribution in [-0.2, 0) is 11.2 Å². The van der Waals surface area contributed by atoms with E-state index in [1.165, 1.54) is 22.3 Å². The first kappa shape index (κ1) is 15.5. The van der Waals surface area contributed by atoms with E-state index in [1.807, 2.05) is 11.0 Å². The Morgan fingerprint density at radius 2 is 1.91 bits per heavy atom. The van der Waals surface area contributed by atoms with E-state index in [1.54, 1.807) is 0 Å². The van der Waals surface area contributed by atoms with Gasteiger partial charge in [0.1, 0.15) is 0 Å². The smallest absolute Gasteiger partial charge is 0.223 e. The second kappa shape index (κ2) is 7.28. The Bertz CT molecular complexity index is 703. The van der Waals surface area contributed by atoms with Crippen LogP contribution in [0.5, 0.6) is 0 Å². The molecule has 0 aliphatic carbocycles. The molecular formula is C21H23NO. The molecule has 0 unspecified atom stereocenters. The first-order valence-corrected chi connectivity index (χ1v) is 8.30. The van der Waals surface area contributed by atoms with E-state index in [0.29, 0.717) is 6.42 Å². The molecule has 2 aromatic carbocycles. The van der Waals surface area contributed by atoms with Crippen molar-refractivity contribution in [2.45, 2.75) is 26.2 Å². The predicted molar refractivity (Wildman–Crippen MR) is 95.1 cm³/mol. The number of amides is 1. The Morgan fingerprint density at radius 3 is 2.61 bits per heavy atom. The standard InChI is InChI=1S/C21H23NO/c1-17-6-5-7-18(16-17)10-11-21(23)22-14-12-20(13-15-22)19-8-3-2-4-9-19/h2-9,12,16H,10-11,13-15H2,1H3. The van der Waals surface area contributed by atoms with Gasteiger partial charge in [0.05, 0.1) is 0 Å². The zero-order valence-corrected chi connectivity index (χ0v) is 13.7. The zero-order valence-electron chi connectivity index (χ0n) is 13.7. The lowest BCUT2D eigenvalue weighted by Gasteiger charge is -2.27. The molecule has 0 saturated heterocycles. The van der Waals surface area contributed by atoms with Crippen molar-refractivity contribution in [3.8, 4) is 0 Å². The van der Waals surface area contributed by atoms with Crippen LogP contribution in [0, 0.1) is 6.92 Å². The van der Waals surface area contributed by atoms with E-state index in [-0.39, 0.29) is 5.91 Å². The summed E-state index contributed by atoms with van der Waals surface area (Å²) in [5.41, 5.74) is 5.13. The summed E-state index contributed by atoms with van der Waals surface area (Å²) in [6.45, 7) is 3.65. The number of hydrogen-bond donors (Lipinski definition) is 0. The lowest BCUT2D eigenvalue weighted by molar-refractivity contribution is -0.130. The Hall–Kier alpha value is -2.35. The summed E-state index contributed by atoms with van der Waals surface area (Å²) in [6, 6.07) is 18.9. The molecule has 2 aromatic rings. The van der Waals surface area contributed by atoms with Crippen LogP contribution < -0.4 is 0 Å². The molecule has 1 aliphatic rings. The first-order valence-electron chi connectivity index (χ1n) is 8.30. The largest absolute Gasteiger partial charge is 0.339 e. The Morgan fingerprint density at radius 1 is 1.09 bits per heavy atom. The molecule has 2 heteroatoms. The molecule has 1 amide bonds. The summed E-state index contributed by atoms with van der Waals surface area (Å²) in [6.07, 6.45) is 4.56. The highest BCUT2D eigenvalue weighted by Gasteiger charge is 2.17. The fraction of sp³-hybridized carbons (Fsp3) is 0.286. The van der Waals surface area contributed by atoms with Gasteiger partial charge in [0, 0.05) is 19.5 Å². The Labute approximate surface area is 138 Å². The molecule has 1 heterocycles. The van der Waals surface area contributed by atoms with Crippen molar-refractivity contribution in [1.82, 2.24) is 4.90 Å². The lowest BCUT2D eigenvalue weighted by Crippen LogP contribution is -2.34. The number of hydrogen-bond acceptors (Lipinski definition) is 1. The monoisotopic (exact) mass is 305 g/mol. The van der Waals surface area contributed by atoms with Crippen LogP contribution in [0.2, 0.25) is 0 Å². The maximum Gasteiger partial charge on any atom is 0.223 e. The number of carbonyl (C=O) groups excluding carboxylic acids is 1. The molecule has 0 bridgehead atoms. The molecule has 0 saturated carbocycles. The third kappa shape index (κ3) is 4.10. The molecule has 23 heavy (non-hydrogen) atoms. The van der Waals surface area contributed by atoms with E-state index in [2.05, 4.69) is 61.5 Å². The summed E-state index contributed by atoms with van der Waals surface area (Å²) in [4.78, 5) is 14.4. The second-order valence-corrected chi connectivity index (χ2v) is 6.17. The fourth-order valence-corrected chi connectivity index (χ4v) is 3.09. The third-order valence-electron chi connectivity index (χ3n) is 4.42. The van der Waals surface area contributed by atoms with Crippen LogP contribution in [0.1, 0.15) is 29.5 Å². The van der Waals surface area contributed by atoms with E-state index >= 15 is 0 Å². The summed E-state index contributed by atoms with van der Waals surface area (Å²) in [5, 5.41) is 0. The fourth-order valence-electron chi connectivity index (χ4n) is 3.09. The summed E-state index contributed by atoms with van der Waals surface area (Å²) >= 11 is 0. The van der Waals surface area contributed by atoms with E-state index in [4.69, 9.17) is 0 Å². The first-order chi connectivity index (χ1) is 11.2. The topological polar surface area (TPSA) is 20.3 Å². The lowest BCUT2D eigenvalue weighted by atomic mass is 9.99. The van der Waals surface area contributed by atoms with Gasteiger partial charge < -0.3 is 4.90 Å². The molecule has 0 aromatic heterocycles. The van der Waals surface area contributed by atoms with Gasteiger partial charge in [-0.25, -0.2) is 0 Å². The second-order valence-electron chi connectivity index (χ2n) is 6.17. The van der Waals surface area contributed by atoms with Crippen LogP contribution in [-0.4, -0.2) is 23.9 Å². The molecule has 118 valence electrons. The Balaban J connectivity index is 1.55. The van der Waals surface area contributed by atoms with E-state index in [9.17, 15) is 4.79 Å². The van der Waals surface area contributed by atoms with Crippen LogP contribution >= 0.6 is 0 Å². The molecule has 0 atom stereocenters. The maximum absolute atomic E-state index is 12.4. The van der Waals surface area contributed by atoms with Gasteiger partial charge in [-0.3, -0.25) is 4.79 Å². The van der Waals surface area contributed by atoms with E-state index in [0.717, 1.165) is 25.9 Å². The molecular weight excluding hydrogens is 282 g/mol. The molecule has 0 spiro atoms. The van der Waals surface area contributed by atoms with Gasteiger partial charge in [-0.1, -0.05) is 66.2 Å². The SMILES string of the molecule is Cc1cccc(CCC(=O)N2CC=C(c3ccccc3)CC2)c1. The summed E-state index contributed by atoms with van der Waals surface area (Å²) < 4.78 is 0. The summed E-state index contributed by atoms with van der Waals surface area (Å²) in [5.74, 6) is 0.259. The van der Waals surface area contributed by atoms with Crippen molar-refractivity contribution in [2.24, 2.45) is 0 Å². The van der Waals surface area contributed by atoms with Gasteiger partial charge in [0.2, 0.25) is 5.91 Å². The van der Waals surface area contributed by atoms with Crippen molar-refractivity contribution < 1.29 is 4.79 Å². The number of carbonyl (C=O) groups is 1. The normalized spacial score (nSPS) is 14.5. The number of benzene rings is 2. The Kier molecular flexibility index (Phi) is 4.92. The average molecular weight is 305 g/mol. The predicted octanol–water partition coefficient (Wildman–Crippen LogP) is 4.24. The van der Waals surface area contributed by atoms with Gasteiger partial charge in [0.25, 0.3) is 0 Å². The molecule has 0 N–H and O–H groups in total. The highest BCUT2D eigenvalue weighted by molar-refractivity contribution is 5.78. The van der Waals surface area contributed by atoms with Crippen molar-refractivity contribution >= 4 is 11.5 Å². The van der Waals surface area contributed by atoms with E-state index < -0.39 is 0 Å². The van der Waals surface area contributed by atoms with Crippen molar-refractivity contribution in [3.63, 3.8) is 0 Å².